The molecule has 0 amide bonds. The highest BCUT2D eigenvalue weighted by atomic mass is 32.2. The van der Waals surface area contributed by atoms with Gasteiger partial charge in [-0.3, -0.25) is 0 Å². The van der Waals surface area contributed by atoms with Crippen LogP contribution in [0.4, 0.5) is 8.78 Å². The van der Waals surface area contributed by atoms with Crippen molar-refractivity contribution in [3.63, 3.8) is 0 Å². The van der Waals surface area contributed by atoms with Gasteiger partial charge in [-0.1, -0.05) is 0 Å². The third-order valence-electron chi connectivity index (χ3n) is 3.62. The normalized spacial score (nSPS) is 11.7. The summed E-state index contributed by atoms with van der Waals surface area (Å²) in [5, 5.41) is 5.09. The highest BCUT2D eigenvalue weighted by Gasteiger charge is 2.12. The number of primary sulfonamides is 1. The Hall–Kier alpha value is -2.51. The van der Waals surface area contributed by atoms with E-state index in [1.807, 2.05) is 19.2 Å². The Morgan fingerprint density at radius 1 is 0.958 bits per heavy atom. The number of hydrogen-bond acceptors (Lipinski definition) is 2. The van der Waals surface area contributed by atoms with Crippen LogP contribution in [-0.4, -0.2) is 13.0 Å². The molecule has 3 rings (SSSR count). The number of aromatic nitrogens is 1. The van der Waals surface area contributed by atoms with Crippen LogP contribution in [0.1, 0.15) is 5.56 Å². The maximum Gasteiger partial charge on any atom is 0.238 e. The third-order valence-corrected chi connectivity index (χ3v) is 4.54. The van der Waals surface area contributed by atoms with Crippen molar-refractivity contribution in [3.8, 4) is 16.9 Å². The van der Waals surface area contributed by atoms with Gasteiger partial charge in [-0.15, -0.1) is 0 Å². The summed E-state index contributed by atoms with van der Waals surface area (Å²) in [5.41, 5.74) is 2.77. The van der Waals surface area contributed by atoms with E-state index in [2.05, 4.69) is 0 Å². The van der Waals surface area contributed by atoms with Gasteiger partial charge in [-0.25, -0.2) is 22.3 Å². The van der Waals surface area contributed by atoms with Crippen LogP contribution in [0.2, 0.25) is 0 Å². The van der Waals surface area contributed by atoms with Gasteiger partial charge in [0.15, 0.2) is 11.6 Å². The van der Waals surface area contributed by atoms with Crippen molar-refractivity contribution in [2.75, 3.05) is 0 Å². The largest absolute Gasteiger partial charge is 0.316 e. The molecule has 1 heterocycles. The van der Waals surface area contributed by atoms with Gasteiger partial charge in [-0.2, -0.15) is 0 Å². The van der Waals surface area contributed by atoms with Crippen LogP contribution in [0.25, 0.3) is 16.9 Å². The van der Waals surface area contributed by atoms with E-state index in [0.29, 0.717) is 16.9 Å². The molecule has 7 heteroatoms. The van der Waals surface area contributed by atoms with Crippen molar-refractivity contribution < 1.29 is 17.2 Å². The number of aryl methyl sites for hydroxylation is 1. The predicted molar refractivity (Wildman–Crippen MR) is 87.2 cm³/mol. The van der Waals surface area contributed by atoms with Crippen LogP contribution < -0.4 is 5.14 Å². The molecule has 0 bridgehead atoms. The second-order valence-electron chi connectivity index (χ2n) is 5.44. The molecule has 0 radical (unpaired) electrons. The smallest absolute Gasteiger partial charge is 0.238 e. The molecule has 124 valence electrons. The summed E-state index contributed by atoms with van der Waals surface area (Å²) < 4.78 is 51.1. The number of hydrogen-bond donors (Lipinski definition) is 1. The van der Waals surface area contributed by atoms with E-state index in [1.54, 1.807) is 16.7 Å². The molecular weight excluding hydrogens is 334 g/mol. The Kier molecular flexibility index (Phi) is 3.98. The van der Waals surface area contributed by atoms with E-state index in [-0.39, 0.29) is 4.90 Å². The number of benzene rings is 2. The van der Waals surface area contributed by atoms with Crippen LogP contribution in [0.5, 0.6) is 0 Å². The lowest BCUT2D eigenvalue weighted by molar-refractivity contribution is 0.509. The van der Waals surface area contributed by atoms with Crippen molar-refractivity contribution in [2.24, 2.45) is 5.14 Å². The maximum absolute atomic E-state index is 13.5. The second-order valence-corrected chi connectivity index (χ2v) is 7.00. The van der Waals surface area contributed by atoms with E-state index in [1.165, 1.54) is 18.2 Å². The van der Waals surface area contributed by atoms with Crippen LogP contribution in [0.3, 0.4) is 0 Å². The minimum atomic E-state index is -3.77. The Morgan fingerprint density at radius 2 is 1.62 bits per heavy atom. The lowest BCUT2D eigenvalue weighted by atomic mass is 10.1. The molecule has 0 saturated heterocycles. The Labute approximate surface area is 138 Å². The SMILES string of the molecule is Cc1cc(-c2ccc(F)c(F)c2)n(-c2ccc(S(N)(=O)=O)cc2)c1. The highest BCUT2D eigenvalue weighted by Crippen LogP contribution is 2.27. The topological polar surface area (TPSA) is 65.1 Å². The van der Waals surface area contributed by atoms with E-state index in [9.17, 15) is 17.2 Å². The minimum Gasteiger partial charge on any atom is -0.316 e. The molecule has 0 aliphatic carbocycles. The van der Waals surface area contributed by atoms with Crippen LogP contribution in [0.15, 0.2) is 59.6 Å². The van der Waals surface area contributed by atoms with Gasteiger partial charge in [0.05, 0.1) is 10.6 Å². The van der Waals surface area contributed by atoms with Crippen molar-refractivity contribution >= 4 is 10.0 Å². The zero-order valence-electron chi connectivity index (χ0n) is 12.7. The summed E-state index contributed by atoms with van der Waals surface area (Å²) in [5.74, 6) is -1.84. The summed E-state index contributed by atoms with van der Waals surface area (Å²) in [6, 6.07) is 11.5. The summed E-state index contributed by atoms with van der Waals surface area (Å²) in [6.07, 6.45) is 1.82. The summed E-state index contributed by atoms with van der Waals surface area (Å²) >= 11 is 0. The molecule has 0 aliphatic heterocycles. The first-order valence-corrected chi connectivity index (χ1v) is 8.58. The summed E-state index contributed by atoms with van der Waals surface area (Å²) in [4.78, 5) is 0.00417. The molecule has 0 spiro atoms. The standard InChI is InChI=1S/C17H14F2N2O2S/c1-11-8-17(12-2-7-15(18)16(19)9-12)21(10-11)13-3-5-14(6-4-13)24(20,22)23/h2-10H,1H3,(H2,20,22,23). The molecule has 24 heavy (non-hydrogen) atoms. The first kappa shape index (κ1) is 16.4. The van der Waals surface area contributed by atoms with Crippen LogP contribution in [-0.2, 0) is 10.0 Å². The van der Waals surface area contributed by atoms with E-state index < -0.39 is 21.7 Å². The summed E-state index contributed by atoms with van der Waals surface area (Å²) in [7, 11) is -3.77. The van der Waals surface area contributed by atoms with Crippen LogP contribution in [0, 0.1) is 18.6 Å². The average Bonchev–Trinajstić information content (AvgIpc) is 2.91. The van der Waals surface area contributed by atoms with Crippen molar-refractivity contribution in [3.05, 3.63) is 71.9 Å². The molecule has 1 aromatic heterocycles. The van der Waals surface area contributed by atoms with Crippen molar-refractivity contribution in [1.29, 1.82) is 0 Å². The van der Waals surface area contributed by atoms with Gasteiger partial charge in [0.25, 0.3) is 0 Å². The number of nitrogens with zero attached hydrogens (tertiary/aromatic N) is 1. The number of rotatable bonds is 3. The Morgan fingerprint density at radius 3 is 2.21 bits per heavy atom. The van der Waals surface area contributed by atoms with Gasteiger partial charge in [0.2, 0.25) is 10.0 Å². The second kappa shape index (κ2) is 5.85. The molecule has 0 saturated carbocycles. The van der Waals surface area contributed by atoms with Gasteiger partial charge in [0.1, 0.15) is 0 Å². The summed E-state index contributed by atoms with van der Waals surface area (Å²) in [6.45, 7) is 1.87. The number of sulfonamides is 1. The lowest BCUT2D eigenvalue weighted by Crippen LogP contribution is -2.12. The van der Waals surface area contributed by atoms with Gasteiger partial charge in [-0.05, 0) is 61.0 Å². The quantitative estimate of drug-likeness (QED) is 0.789. The Bertz CT molecular complexity index is 1010. The third kappa shape index (κ3) is 3.08. The van der Waals surface area contributed by atoms with E-state index in [4.69, 9.17) is 5.14 Å². The van der Waals surface area contributed by atoms with Gasteiger partial charge >= 0.3 is 0 Å². The molecule has 3 aromatic rings. The lowest BCUT2D eigenvalue weighted by Gasteiger charge is -2.10. The first-order valence-electron chi connectivity index (χ1n) is 7.03. The number of nitrogens with two attached hydrogens (primary N) is 1. The van der Waals surface area contributed by atoms with Crippen molar-refractivity contribution in [1.82, 2.24) is 4.57 Å². The molecule has 4 nitrogen and oxygen atoms in total. The monoisotopic (exact) mass is 348 g/mol. The van der Waals surface area contributed by atoms with Crippen LogP contribution >= 0.6 is 0 Å². The average molecular weight is 348 g/mol. The zero-order chi connectivity index (χ0) is 17.5. The fourth-order valence-electron chi connectivity index (χ4n) is 2.48. The Balaban J connectivity index is 2.11. The number of halogens is 2. The molecule has 0 fully saturated rings. The van der Waals surface area contributed by atoms with E-state index >= 15 is 0 Å². The fraction of sp³-hybridized carbons (Fsp3) is 0.0588. The molecular formula is C17H14F2N2O2S. The molecule has 2 aromatic carbocycles. The maximum atomic E-state index is 13.5. The first-order chi connectivity index (χ1) is 11.3. The fourth-order valence-corrected chi connectivity index (χ4v) is 3.00. The molecule has 2 N–H and O–H groups in total. The van der Waals surface area contributed by atoms with Gasteiger partial charge in [0, 0.05) is 17.4 Å². The van der Waals surface area contributed by atoms with Gasteiger partial charge < -0.3 is 4.57 Å². The minimum absolute atomic E-state index is 0.00417. The molecule has 0 aliphatic rings. The molecule has 0 unspecified atom stereocenters. The highest BCUT2D eigenvalue weighted by molar-refractivity contribution is 7.89. The zero-order valence-corrected chi connectivity index (χ0v) is 13.5. The van der Waals surface area contributed by atoms with E-state index in [0.717, 1.165) is 17.7 Å². The van der Waals surface area contributed by atoms with Crippen molar-refractivity contribution in [2.45, 2.75) is 11.8 Å². The molecule has 0 atom stereocenters. The predicted octanol–water partition coefficient (Wildman–Crippen LogP) is 3.38.